The van der Waals surface area contributed by atoms with Crippen molar-refractivity contribution in [3.05, 3.63) is 11.1 Å². The van der Waals surface area contributed by atoms with Gasteiger partial charge >= 0.3 is 5.38 Å². The zero-order chi connectivity index (χ0) is 11.9. The first kappa shape index (κ1) is 12.7. The largest absolute Gasteiger partial charge is 0.463 e. The maximum Gasteiger partial charge on any atom is 0.358 e. The molecule has 0 bridgehead atoms. The molecule has 1 fully saturated rings. The molecule has 0 aromatic heterocycles. The van der Waals surface area contributed by atoms with Crippen LogP contribution in [0.5, 0.6) is 0 Å². The molecule has 15 heavy (non-hydrogen) atoms. The third kappa shape index (κ3) is 2.61. The Labute approximate surface area is 96.2 Å². The first-order valence-electron chi connectivity index (χ1n) is 4.25. The van der Waals surface area contributed by atoms with Gasteiger partial charge in [-0.25, -0.2) is 0 Å². The average Bonchev–Trinajstić information content (AvgIpc) is 2.54. The van der Waals surface area contributed by atoms with Crippen LogP contribution in [0.3, 0.4) is 0 Å². The van der Waals surface area contributed by atoms with E-state index >= 15 is 0 Å². The molecule has 0 spiro atoms. The predicted molar refractivity (Wildman–Crippen MR) is 52.9 cm³/mol. The summed E-state index contributed by atoms with van der Waals surface area (Å²) in [5, 5.41) is -4.30. The Kier molecular flexibility index (Phi) is 3.31. The Bertz CT molecular complexity index is 297. The van der Waals surface area contributed by atoms with Crippen molar-refractivity contribution in [3.8, 4) is 0 Å². The van der Waals surface area contributed by atoms with Crippen molar-refractivity contribution in [1.29, 1.82) is 0 Å². The maximum atomic E-state index is 12.5. The zero-order valence-corrected chi connectivity index (χ0v) is 9.65. The summed E-state index contributed by atoms with van der Waals surface area (Å²) < 4.78 is 29.8. The van der Waals surface area contributed by atoms with Crippen LogP contribution in [-0.2, 0) is 9.53 Å². The van der Waals surface area contributed by atoms with E-state index in [0.29, 0.717) is 6.47 Å². The fourth-order valence-corrected chi connectivity index (χ4v) is 1.70. The highest BCUT2D eigenvalue weighted by molar-refractivity contribution is 6.38. The van der Waals surface area contributed by atoms with Crippen molar-refractivity contribution < 1.29 is 18.3 Å². The highest BCUT2D eigenvalue weighted by Crippen LogP contribution is 2.56. The maximum absolute atomic E-state index is 12.5. The summed E-state index contributed by atoms with van der Waals surface area (Å²) in [4.78, 5) is 10.1. The van der Waals surface area contributed by atoms with Crippen molar-refractivity contribution >= 4 is 29.7 Å². The molecule has 1 rings (SSSR count). The van der Waals surface area contributed by atoms with E-state index in [1.807, 2.05) is 0 Å². The quantitative estimate of drug-likeness (QED) is 0.572. The van der Waals surface area contributed by atoms with Gasteiger partial charge in [0.25, 0.3) is 6.47 Å². The lowest BCUT2D eigenvalue weighted by Gasteiger charge is -2.05. The van der Waals surface area contributed by atoms with E-state index in [2.05, 4.69) is 0 Å². The fraction of sp³-hybridized carbons (Fsp3) is 0.667. The monoisotopic (exact) mass is 258 g/mol. The van der Waals surface area contributed by atoms with E-state index in [1.165, 1.54) is 0 Å². The van der Waals surface area contributed by atoms with Crippen LogP contribution in [0.15, 0.2) is 11.1 Å². The molecule has 0 heterocycles. The Balaban J connectivity index is 2.73. The van der Waals surface area contributed by atoms with Gasteiger partial charge < -0.3 is 4.74 Å². The Morgan fingerprint density at radius 1 is 1.53 bits per heavy atom. The normalized spacial score (nSPS) is 29.9. The molecule has 2 atom stereocenters. The zero-order valence-electron chi connectivity index (χ0n) is 8.14. The van der Waals surface area contributed by atoms with Gasteiger partial charge in [0.1, 0.15) is 6.10 Å². The molecule has 86 valence electrons. The van der Waals surface area contributed by atoms with Gasteiger partial charge in [-0.3, -0.25) is 4.79 Å². The van der Waals surface area contributed by atoms with Gasteiger partial charge in [0.15, 0.2) is 0 Å². The third-order valence-corrected chi connectivity index (χ3v) is 3.27. The highest BCUT2D eigenvalue weighted by Gasteiger charge is 2.59. The molecule has 0 aromatic rings. The number of allylic oxidation sites excluding steroid dienone is 1. The predicted octanol–water partition coefficient (Wildman–Crippen LogP) is 3.14. The van der Waals surface area contributed by atoms with Gasteiger partial charge in [0, 0.05) is 11.3 Å². The molecule has 1 aliphatic carbocycles. The molecule has 0 aromatic carbocycles. The number of halogens is 4. The van der Waals surface area contributed by atoms with E-state index in [1.54, 1.807) is 13.8 Å². The van der Waals surface area contributed by atoms with Crippen molar-refractivity contribution in [3.63, 3.8) is 0 Å². The Hall–Kier alpha value is -0.350. The summed E-state index contributed by atoms with van der Waals surface area (Å²) in [5.41, 5.74) is -0.372. The molecule has 0 amide bonds. The Morgan fingerprint density at radius 3 is 2.47 bits per heavy atom. The number of carbonyl (C=O) groups is 1. The first-order chi connectivity index (χ1) is 6.71. The summed E-state index contributed by atoms with van der Waals surface area (Å²) in [5.74, 6) is -0.320. The number of rotatable bonds is 4. The lowest BCUT2D eigenvalue weighted by atomic mass is 10.1. The van der Waals surface area contributed by atoms with Crippen LogP contribution >= 0.6 is 23.2 Å². The third-order valence-electron chi connectivity index (χ3n) is 2.61. The van der Waals surface area contributed by atoms with Gasteiger partial charge in [-0.05, 0) is 11.6 Å². The summed E-state index contributed by atoms with van der Waals surface area (Å²) in [6.07, 6.45) is 0.727. The smallest absolute Gasteiger partial charge is 0.358 e. The number of hydrogen-bond donors (Lipinski definition) is 0. The van der Waals surface area contributed by atoms with Gasteiger partial charge in [0.2, 0.25) is 0 Å². The van der Waals surface area contributed by atoms with Gasteiger partial charge in [-0.1, -0.05) is 31.5 Å². The summed E-state index contributed by atoms with van der Waals surface area (Å²) in [6, 6.07) is 0. The van der Waals surface area contributed by atoms with Crippen LogP contribution in [0, 0.1) is 11.3 Å². The fourth-order valence-electron chi connectivity index (χ4n) is 1.50. The topological polar surface area (TPSA) is 26.3 Å². The van der Waals surface area contributed by atoms with E-state index < -0.39 is 16.5 Å². The van der Waals surface area contributed by atoms with Gasteiger partial charge in [-0.15, -0.1) is 0 Å². The first-order valence-corrected chi connectivity index (χ1v) is 5.00. The summed E-state index contributed by atoms with van der Waals surface area (Å²) >= 11 is 10.0. The van der Waals surface area contributed by atoms with E-state index in [0.717, 1.165) is 6.08 Å². The lowest BCUT2D eigenvalue weighted by molar-refractivity contribution is -0.130. The van der Waals surface area contributed by atoms with Crippen LogP contribution in [-0.4, -0.2) is 18.0 Å². The molecule has 0 saturated heterocycles. The van der Waals surface area contributed by atoms with Crippen molar-refractivity contribution in [2.75, 3.05) is 0 Å². The Morgan fingerprint density at radius 2 is 2.07 bits per heavy atom. The number of ether oxygens (including phenoxy) is 1. The molecular weight excluding hydrogens is 249 g/mol. The van der Waals surface area contributed by atoms with E-state index in [4.69, 9.17) is 27.9 Å². The molecule has 0 aliphatic heterocycles. The number of hydrogen-bond acceptors (Lipinski definition) is 2. The molecule has 2 unspecified atom stereocenters. The lowest BCUT2D eigenvalue weighted by Crippen LogP contribution is -2.06. The number of alkyl halides is 3. The van der Waals surface area contributed by atoms with Crippen molar-refractivity contribution in [1.82, 2.24) is 0 Å². The van der Waals surface area contributed by atoms with Crippen molar-refractivity contribution in [2.24, 2.45) is 11.3 Å². The van der Waals surface area contributed by atoms with Gasteiger partial charge in [0.05, 0.1) is 5.03 Å². The van der Waals surface area contributed by atoms with Crippen molar-refractivity contribution in [2.45, 2.75) is 25.3 Å². The van der Waals surface area contributed by atoms with Crippen LogP contribution in [0.25, 0.3) is 0 Å². The molecule has 0 N–H and O–H groups in total. The second-order valence-electron chi connectivity index (χ2n) is 4.01. The van der Waals surface area contributed by atoms with E-state index in [9.17, 15) is 13.6 Å². The minimum Gasteiger partial charge on any atom is -0.463 e. The molecule has 1 saturated carbocycles. The highest BCUT2D eigenvalue weighted by atomic mass is 35.5. The molecule has 6 heteroatoms. The summed E-state index contributed by atoms with van der Waals surface area (Å²) in [6.45, 7) is 3.88. The second-order valence-corrected chi connectivity index (χ2v) is 4.89. The molecule has 0 radical (unpaired) electrons. The molecule has 1 aliphatic rings. The van der Waals surface area contributed by atoms with Crippen LogP contribution < -0.4 is 0 Å². The van der Waals surface area contributed by atoms with Crippen LogP contribution in [0.2, 0.25) is 0 Å². The minimum absolute atomic E-state index is 0.299. The van der Waals surface area contributed by atoms with Gasteiger partial charge in [-0.2, -0.15) is 8.78 Å². The average molecular weight is 259 g/mol. The standard InChI is InChI=1S/C9H10Cl2F2O2/c1-8(2)5(7(8)15-4-14)3-6(10)9(11,12)13/h3-5,7H,1-2H3. The van der Waals surface area contributed by atoms with Crippen LogP contribution in [0.1, 0.15) is 13.8 Å². The van der Waals surface area contributed by atoms with Crippen LogP contribution in [0.4, 0.5) is 8.78 Å². The number of carbonyl (C=O) groups excluding carboxylic acids is 1. The summed E-state index contributed by atoms with van der Waals surface area (Å²) in [7, 11) is 0. The molecule has 2 nitrogen and oxygen atoms in total. The second kappa shape index (κ2) is 3.91. The molecular formula is C9H10Cl2F2O2. The SMILES string of the molecule is CC1(C)C(C=C(Cl)C(F)(F)Cl)C1OC=O. The van der Waals surface area contributed by atoms with E-state index in [-0.39, 0.29) is 11.3 Å². The minimum atomic E-state index is -3.56.